The number of hydrogen-bond donors (Lipinski definition) is 0. The van der Waals surface area contributed by atoms with Crippen molar-refractivity contribution in [1.29, 1.82) is 0 Å². The Morgan fingerprint density at radius 1 is 1.03 bits per heavy atom. The van der Waals surface area contributed by atoms with Crippen molar-refractivity contribution in [3.05, 3.63) is 103 Å². The van der Waals surface area contributed by atoms with E-state index < -0.39 is 0 Å². The van der Waals surface area contributed by atoms with Crippen LogP contribution in [0.2, 0.25) is 10.0 Å². The molecule has 0 fully saturated rings. The third-order valence-electron chi connectivity index (χ3n) is 4.48. The highest BCUT2D eigenvalue weighted by atomic mass is 35.5. The highest BCUT2D eigenvalue weighted by Crippen LogP contribution is 2.28. The molecule has 3 aromatic heterocycles. The maximum Gasteiger partial charge on any atom is 0.291 e. The first-order valence-corrected chi connectivity index (χ1v) is 10.6. The van der Waals surface area contributed by atoms with Crippen molar-refractivity contribution in [3.8, 4) is 11.3 Å². The van der Waals surface area contributed by atoms with Crippen LogP contribution in [-0.4, -0.2) is 14.6 Å². The number of nitrogens with zero attached hydrogens (tertiary/aromatic N) is 3. The van der Waals surface area contributed by atoms with Gasteiger partial charge in [-0.05, 0) is 35.9 Å². The smallest absolute Gasteiger partial charge is 0.291 e. The Hall–Kier alpha value is -2.93. The van der Waals surface area contributed by atoms with Crippen LogP contribution in [0.3, 0.4) is 0 Å². The summed E-state index contributed by atoms with van der Waals surface area (Å²) in [5.41, 5.74) is 1.65. The van der Waals surface area contributed by atoms with Crippen molar-refractivity contribution in [2.45, 2.75) is 6.42 Å². The predicted molar refractivity (Wildman–Crippen MR) is 119 cm³/mol. The fourth-order valence-electron chi connectivity index (χ4n) is 3.14. The number of rotatable bonds is 4. The molecule has 3 heterocycles. The van der Waals surface area contributed by atoms with Gasteiger partial charge in [-0.3, -0.25) is 4.79 Å². The summed E-state index contributed by atoms with van der Waals surface area (Å²) >= 11 is 13.4. The largest absolute Gasteiger partial charge is 0.457 e. The molecule has 0 aliphatic heterocycles. The molecule has 5 nitrogen and oxygen atoms in total. The van der Waals surface area contributed by atoms with E-state index in [1.54, 1.807) is 30.3 Å². The van der Waals surface area contributed by atoms with E-state index in [1.807, 2.05) is 36.4 Å². The molecule has 0 N–H and O–H groups in total. The lowest BCUT2D eigenvalue weighted by Crippen LogP contribution is -2.23. The summed E-state index contributed by atoms with van der Waals surface area (Å²) in [4.78, 5) is 17.8. The van der Waals surface area contributed by atoms with Gasteiger partial charge in [0.2, 0.25) is 4.96 Å². The van der Waals surface area contributed by atoms with Gasteiger partial charge in [-0.2, -0.15) is 4.52 Å². The number of aromatic nitrogens is 3. The predicted octanol–water partition coefficient (Wildman–Crippen LogP) is 4.86. The van der Waals surface area contributed by atoms with Gasteiger partial charge in [0.25, 0.3) is 5.56 Å². The molecule has 0 saturated carbocycles. The van der Waals surface area contributed by atoms with E-state index in [0.717, 1.165) is 11.1 Å². The molecule has 0 bridgehead atoms. The Morgan fingerprint density at radius 2 is 1.80 bits per heavy atom. The highest BCUT2D eigenvalue weighted by Gasteiger charge is 2.12. The van der Waals surface area contributed by atoms with Crippen LogP contribution >= 0.6 is 34.5 Å². The second-order valence-corrected chi connectivity index (χ2v) is 8.54. The van der Waals surface area contributed by atoms with Crippen LogP contribution in [-0.2, 0) is 6.42 Å². The molecule has 0 amide bonds. The molecule has 5 aromatic rings. The van der Waals surface area contributed by atoms with Crippen LogP contribution in [0.1, 0.15) is 17.1 Å². The van der Waals surface area contributed by atoms with Crippen LogP contribution in [0.5, 0.6) is 0 Å². The number of halogens is 2. The van der Waals surface area contributed by atoms with Crippen molar-refractivity contribution >= 4 is 45.6 Å². The molecule has 30 heavy (non-hydrogen) atoms. The lowest BCUT2D eigenvalue weighted by molar-refractivity contribution is 0.571. The zero-order valence-corrected chi connectivity index (χ0v) is 17.7. The van der Waals surface area contributed by atoms with Crippen LogP contribution in [0.15, 0.2) is 69.9 Å². The monoisotopic (exact) mass is 453 g/mol. The maximum absolute atomic E-state index is 12.7. The van der Waals surface area contributed by atoms with E-state index in [9.17, 15) is 4.79 Å². The summed E-state index contributed by atoms with van der Waals surface area (Å²) in [5.74, 6) is 1.78. The fourth-order valence-corrected chi connectivity index (χ4v) is 4.57. The lowest BCUT2D eigenvalue weighted by atomic mass is 10.1. The van der Waals surface area contributed by atoms with Gasteiger partial charge in [0.15, 0.2) is 5.82 Å². The average Bonchev–Trinajstić information content (AvgIpc) is 3.40. The minimum atomic E-state index is -0.217. The van der Waals surface area contributed by atoms with Gasteiger partial charge in [0.05, 0.1) is 0 Å². The first-order valence-electron chi connectivity index (χ1n) is 9.05. The van der Waals surface area contributed by atoms with Gasteiger partial charge < -0.3 is 4.42 Å². The van der Waals surface area contributed by atoms with Gasteiger partial charge in [-0.25, -0.2) is 4.98 Å². The topological polar surface area (TPSA) is 60.4 Å². The standard InChI is InChI=1S/C22H13Cl2N3O2S/c23-15-9-14(10-16(24)11-15)18-7-6-17(29-18)12-19-21(28)27-22(30-19)25-20(26-27)8-13-4-2-1-3-5-13/h1-7,9-12H,8H2/b19-12-. The van der Waals surface area contributed by atoms with E-state index in [4.69, 9.17) is 27.6 Å². The van der Waals surface area contributed by atoms with Crippen molar-refractivity contribution in [2.24, 2.45) is 0 Å². The molecule has 0 atom stereocenters. The Balaban J connectivity index is 1.46. The lowest BCUT2D eigenvalue weighted by Gasteiger charge is -1.99. The Labute approximate surface area is 184 Å². The van der Waals surface area contributed by atoms with Crippen LogP contribution in [0, 0.1) is 0 Å². The summed E-state index contributed by atoms with van der Waals surface area (Å²) < 4.78 is 7.70. The quantitative estimate of drug-likeness (QED) is 0.389. The second-order valence-electron chi connectivity index (χ2n) is 6.66. The van der Waals surface area contributed by atoms with E-state index in [1.165, 1.54) is 15.9 Å². The van der Waals surface area contributed by atoms with Crippen LogP contribution in [0.4, 0.5) is 0 Å². The molecule has 2 aromatic carbocycles. The van der Waals surface area contributed by atoms with Crippen molar-refractivity contribution in [2.75, 3.05) is 0 Å². The Morgan fingerprint density at radius 3 is 2.53 bits per heavy atom. The second kappa shape index (κ2) is 7.72. The highest BCUT2D eigenvalue weighted by molar-refractivity contribution is 7.15. The number of thiazole rings is 1. The van der Waals surface area contributed by atoms with Crippen molar-refractivity contribution in [1.82, 2.24) is 14.6 Å². The van der Waals surface area contributed by atoms with Gasteiger partial charge in [0, 0.05) is 28.1 Å². The van der Waals surface area contributed by atoms with Gasteiger partial charge in [-0.1, -0.05) is 64.9 Å². The van der Waals surface area contributed by atoms with E-state index in [0.29, 0.717) is 43.3 Å². The molecule has 5 rings (SSSR count). The molecule has 0 radical (unpaired) electrons. The SMILES string of the molecule is O=c1/c(=C/c2ccc(-c3cc(Cl)cc(Cl)c3)o2)sc2nc(Cc3ccccc3)nn12. The molecule has 0 saturated heterocycles. The normalized spacial score (nSPS) is 12.1. The van der Waals surface area contributed by atoms with Gasteiger partial charge >= 0.3 is 0 Å². The Bertz CT molecular complexity index is 1450. The third-order valence-corrected chi connectivity index (χ3v) is 5.87. The molecule has 0 aliphatic rings. The first kappa shape index (κ1) is 19.1. The Kier molecular flexibility index (Phi) is 4.90. The summed E-state index contributed by atoms with van der Waals surface area (Å²) in [6.07, 6.45) is 2.27. The van der Waals surface area contributed by atoms with E-state index in [-0.39, 0.29) is 5.56 Å². The minimum absolute atomic E-state index is 0.217. The maximum atomic E-state index is 12.7. The average molecular weight is 454 g/mol. The zero-order chi connectivity index (χ0) is 20.7. The molecule has 8 heteroatoms. The summed E-state index contributed by atoms with van der Waals surface area (Å²) in [7, 11) is 0. The summed E-state index contributed by atoms with van der Waals surface area (Å²) in [6, 6.07) is 18.7. The molecule has 0 aliphatic carbocycles. The van der Waals surface area contributed by atoms with Gasteiger partial charge in [0.1, 0.15) is 16.1 Å². The molecular formula is C22H13Cl2N3O2S. The van der Waals surface area contributed by atoms with Crippen molar-refractivity contribution in [3.63, 3.8) is 0 Å². The first-order chi connectivity index (χ1) is 14.5. The summed E-state index contributed by atoms with van der Waals surface area (Å²) in [5, 5.41) is 5.42. The van der Waals surface area contributed by atoms with Gasteiger partial charge in [-0.15, -0.1) is 5.10 Å². The molecule has 0 unspecified atom stereocenters. The summed E-state index contributed by atoms with van der Waals surface area (Å²) in [6.45, 7) is 0. The molecule has 148 valence electrons. The van der Waals surface area contributed by atoms with Crippen molar-refractivity contribution < 1.29 is 4.42 Å². The number of benzene rings is 2. The minimum Gasteiger partial charge on any atom is -0.457 e. The molecular weight excluding hydrogens is 441 g/mol. The number of hydrogen-bond acceptors (Lipinski definition) is 5. The molecule has 0 spiro atoms. The zero-order valence-electron chi connectivity index (χ0n) is 15.4. The third kappa shape index (κ3) is 3.77. The van der Waals surface area contributed by atoms with E-state index >= 15 is 0 Å². The number of fused-ring (bicyclic) bond motifs is 1. The van der Waals surface area contributed by atoms with Crippen LogP contribution in [0.25, 0.3) is 22.4 Å². The van der Waals surface area contributed by atoms with E-state index in [2.05, 4.69) is 10.1 Å². The van der Waals surface area contributed by atoms with Crippen LogP contribution < -0.4 is 10.1 Å². The number of furan rings is 1. The fraction of sp³-hybridized carbons (Fsp3) is 0.0455.